The third kappa shape index (κ3) is 4.29. The van der Waals surface area contributed by atoms with Gasteiger partial charge in [-0.1, -0.05) is 20.8 Å². The molecule has 1 unspecified atom stereocenters. The summed E-state index contributed by atoms with van der Waals surface area (Å²) in [7, 11) is 0. The average Bonchev–Trinajstić information content (AvgIpc) is 2.28. The zero-order valence-electron chi connectivity index (χ0n) is 11.2. The largest absolute Gasteiger partial charge is 0.394 e. The monoisotopic (exact) mass is 252 g/mol. The lowest BCUT2D eigenvalue weighted by Crippen LogP contribution is -2.38. The molecule has 0 aliphatic carbocycles. The van der Waals surface area contributed by atoms with Gasteiger partial charge in [0.25, 0.3) is 0 Å². The molecule has 3 N–H and O–H groups in total. The Labute approximate surface area is 107 Å². The van der Waals surface area contributed by atoms with Crippen LogP contribution >= 0.6 is 0 Å². The summed E-state index contributed by atoms with van der Waals surface area (Å²) in [5.41, 5.74) is 0.400. The van der Waals surface area contributed by atoms with Crippen molar-refractivity contribution in [3.63, 3.8) is 0 Å². The van der Waals surface area contributed by atoms with Crippen LogP contribution < -0.4 is 10.6 Å². The van der Waals surface area contributed by atoms with E-state index in [2.05, 4.69) is 20.6 Å². The molecule has 2 amide bonds. The van der Waals surface area contributed by atoms with Gasteiger partial charge in [-0.25, -0.2) is 14.8 Å². The van der Waals surface area contributed by atoms with Gasteiger partial charge in [0.2, 0.25) is 0 Å². The van der Waals surface area contributed by atoms with Crippen molar-refractivity contribution in [3.8, 4) is 0 Å². The standard InChI is InChI=1S/C12H20N4O2/c1-8(7-17)15-11(18)16-9-5-13-10(14-6-9)12(2,3)4/h5-6,8,17H,7H2,1-4H3,(H2,15,16,18). The highest BCUT2D eigenvalue weighted by atomic mass is 16.3. The number of nitrogens with zero attached hydrogens (tertiary/aromatic N) is 2. The van der Waals surface area contributed by atoms with Crippen LogP contribution in [0.1, 0.15) is 33.5 Å². The SMILES string of the molecule is CC(CO)NC(=O)Nc1cnc(C(C)(C)C)nc1. The minimum atomic E-state index is -0.386. The highest BCUT2D eigenvalue weighted by Crippen LogP contribution is 2.17. The summed E-state index contributed by atoms with van der Waals surface area (Å²) in [6, 6.07) is -0.677. The van der Waals surface area contributed by atoms with Gasteiger partial charge in [0.1, 0.15) is 5.82 Å². The lowest BCUT2D eigenvalue weighted by Gasteiger charge is -2.16. The highest BCUT2D eigenvalue weighted by Gasteiger charge is 2.16. The van der Waals surface area contributed by atoms with Crippen molar-refractivity contribution in [3.05, 3.63) is 18.2 Å². The summed E-state index contributed by atoms with van der Waals surface area (Å²) in [5, 5.41) is 14.0. The average molecular weight is 252 g/mol. The molecule has 0 radical (unpaired) electrons. The number of rotatable bonds is 3. The number of hydrogen-bond donors (Lipinski definition) is 3. The molecule has 1 atom stereocenters. The Bertz CT molecular complexity index is 398. The highest BCUT2D eigenvalue weighted by molar-refractivity contribution is 5.88. The number of anilines is 1. The predicted molar refractivity (Wildman–Crippen MR) is 69.4 cm³/mol. The van der Waals surface area contributed by atoms with Crippen molar-refractivity contribution in [2.75, 3.05) is 11.9 Å². The second kappa shape index (κ2) is 5.77. The fourth-order valence-electron chi connectivity index (χ4n) is 1.22. The van der Waals surface area contributed by atoms with Gasteiger partial charge < -0.3 is 15.7 Å². The van der Waals surface area contributed by atoms with E-state index in [1.165, 1.54) is 0 Å². The number of hydrogen-bond acceptors (Lipinski definition) is 4. The summed E-state index contributed by atoms with van der Waals surface area (Å²) in [5.74, 6) is 0.720. The molecule has 100 valence electrons. The molecule has 0 saturated heterocycles. The van der Waals surface area contributed by atoms with Crippen molar-refractivity contribution in [1.82, 2.24) is 15.3 Å². The Morgan fingerprint density at radius 2 is 1.94 bits per heavy atom. The van der Waals surface area contributed by atoms with Crippen molar-refractivity contribution in [2.24, 2.45) is 0 Å². The molecule has 0 spiro atoms. The summed E-state index contributed by atoms with van der Waals surface area (Å²) < 4.78 is 0. The first-order chi connectivity index (χ1) is 8.32. The van der Waals surface area contributed by atoms with Crippen molar-refractivity contribution < 1.29 is 9.90 Å². The minimum absolute atomic E-state index is 0.104. The number of carbonyl (C=O) groups excluding carboxylic acids is 1. The Morgan fingerprint density at radius 1 is 1.39 bits per heavy atom. The molecular weight excluding hydrogens is 232 g/mol. The first-order valence-corrected chi connectivity index (χ1v) is 5.84. The van der Waals surface area contributed by atoms with Crippen LogP contribution in [-0.4, -0.2) is 33.8 Å². The van der Waals surface area contributed by atoms with E-state index in [9.17, 15) is 4.79 Å². The lowest BCUT2D eigenvalue weighted by atomic mass is 9.96. The molecule has 6 heteroatoms. The van der Waals surface area contributed by atoms with E-state index >= 15 is 0 Å². The van der Waals surface area contributed by atoms with E-state index < -0.39 is 0 Å². The number of urea groups is 1. The van der Waals surface area contributed by atoms with Gasteiger partial charge in [0.15, 0.2) is 0 Å². The molecule has 1 aromatic rings. The quantitative estimate of drug-likeness (QED) is 0.756. The third-order valence-electron chi connectivity index (χ3n) is 2.23. The van der Waals surface area contributed by atoms with Crippen LogP contribution in [0.25, 0.3) is 0 Å². The van der Waals surface area contributed by atoms with Crippen molar-refractivity contribution in [1.29, 1.82) is 0 Å². The normalized spacial score (nSPS) is 12.9. The van der Waals surface area contributed by atoms with E-state index in [-0.39, 0.29) is 24.1 Å². The van der Waals surface area contributed by atoms with Crippen LogP contribution in [0.4, 0.5) is 10.5 Å². The number of amides is 2. The first kappa shape index (κ1) is 14.4. The Kier molecular flexibility index (Phi) is 4.61. The van der Waals surface area contributed by atoms with Crippen LogP contribution in [-0.2, 0) is 5.41 Å². The van der Waals surface area contributed by atoms with Crippen LogP contribution in [0.5, 0.6) is 0 Å². The number of aromatic nitrogens is 2. The molecule has 0 saturated carbocycles. The maximum absolute atomic E-state index is 11.5. The van der Waals surface area contributed by atoms with Gasteiger partial charge in [-0.15, -0.1) is 0 Å². The van der Waals surface area contributed by atoms with Gasteiger partial charge in [0, 0.05) is 5.41 Å². The molecule has 1 heterocycles. The molecule has 0 aliphatic heterocycles. The summed E-state index contributed by atoms with van der Waals surface area (Å²) in [6.45, 7) is 7.66. The second-order valence-electron chi connectivity index (χ2n) is 5.23. The summed E-state index contributed by atoms with van der Waals surface area (Å²) >= 11 is 0. The van der Waals surface area contributed by atoms with E-state index in [1.54, 1.807) is 19.3 Å². The van der Waals surface area contributed by atoms with Crippen LogP contribution in [0.3, 0.4) is 0 Å². The molecule has 0 fully saturated rings. The van der Waals surface area contributed by atoms with E-state index in [1.807, 2.05) is 20.8 Å². The van der Waals surface area contributed by atoms with Crippen LogP contribution in [0.15, 0.2) is 12.4 Å². The van der Waals surface area contributed by atoms with Gasteiger partial charge in [0.05, 0.1) is 30.7 Å². The smallest absolute Gasteiger partial charge is 0.319 e. The number of aliphatic hydroxyl groups is 1. The maximum Gasteiger partial charge on any atom is 0.319 e. The first-order valence-electron chi connectivity index (χ1n) is 5.84. The third-order valence-corrected chi connectivity index (χ3v) is 2.23. The molecule has 18 heavy (non-hydrogen) atoms. The molecule has 1 rings (SSSR count). The maximum atomic E-state index is 11.5. The van der Waals surface area contributed by atoms with E-state index in [0.29, 0.717) is 5.69 Å². The molecule has 0 bridgehead atoms. The Balaban J connectivity index is 2.61. The van der Waals surface area contributed by atoms with Crippen molar-refractivity contribution >= 4 is 11.7 Å². The molecule has 6 nitrogen and oxygen atoms in total. The van der Waals surface area contributed by atoms with Gasteiger partial charge in [-0.2, -0.15) is 0 Å². The zero-order valence-corrected chi connectivity index (χ0v) is 11.2. The molecule has 0 aliphatic rings. The topological polar surface area (TPSA) is 87.1 Å². The number of aliphatic hydroxyl groups excluding tert-OH is 1. The molecular formula is C12H20N4O2. The fraction of sp³-hybridized carbons (Fsp3) is 0.583. The predicted octanol–water partition coefficient (Wildman–Crippen LogP) is 1.28. The lowest BCUT2D eigenvalue weighted by molar-refractivity contribution is 0.229. The summed E-state index contributed by atoms with van der Waals surface area (Å²) in [6.07, 6.45) is 3.13. The van der Waals surface area contributed by atoms with E-state index in [0.717, 1.165) is 5.82 Å². The Morgan fingerprint density at radius 3 is 2.39 bits per heavy atom. The number of carbonyl (C=O) groups is 1. The summed E-state index contributed by atoms with van der Waals surface area (Å²) in [4.78, 5) is 19.9. The van der Waals surface area contributed by atoms with Gasteiger partial charge in [-0.3, -0.25) is 0 Å². The minimum Gasteiger partial charge on any atom is -0.394 e. The zero-order chi connectivity index (χ0) is 13.8. The molecule has 1 aromatic heterocycles. The second-order valence-corrected chi connectivity index (χ2v) is 5.23. The molecule has 0 aromatic carbocycles. The number of nitrogens with one attached hydrogen (secondary N) is 2. The van der Waals surface area contributed by atoms with Crippen LogP contribution in [0.2, 0.25) is 0 Å². The van der Waals surface area contributed by atoms with Gasteiger partial charge in [-0.05, 0) is 6.92 Å². The van der Waals surface area contributed by atoms with Crippen molar-refractivity contribution in [2.45, 2.75) is 39.2 Å². The Hall–Kier alpha value is -1.69. The van der Waals surface area contributed by atoms with E-state index in [4.69, 9.17) is 5.11 Å². The van der Waals surface area contributed by atoms with Crippen LogP contribution in [0, 0.1) is 0 Å². The van der Waals surface area contributed by atoms with Gasteiger partial charge >= 0.3 is 6.03 Å². The fourth-order valence-corrected chi connectivity index (χ4v) is 1.22.